The van der Waals surface area contributed by atoms with Crippen LogP contribution in [0.15, 0.2) is 78.4 Å². The number of anilines is 2. The molecule has 3 aromatic carbocycles. The molecule has 0 radical (unpaired) electrons. The molecule has 0 bridgehead atoms. The second-order valence-corrected chi connectivity index (χ2v) is 7.24. The van der Waals surface area contributed by atoms with E-state index in [2.05, 4.69) is 10.6 Å². The number of nitriles is 1. The van der Waals surface area contributed by atoms with Gasteiger partial charge in [-0.05, 0) is 48.9 Å². The molecular weight excluding hydrogens is 426 g/mol. The van der Waals surface area contributed by atoms with E-state index in [0.29, 0.717) is 27.7 Å². The minimum Gasteiger partial charge on any atom is -0.483 e. The molecule has 0 aliphatic heterocycles. The van der Waals surface area contributed by atoms with Gasteiger partial charge in [0, 0.05) is 22.0 Å². The fraction of sp³-hybridized carbons (Fsp3) is 0.0800. The standard InChI is InChI=1S/C25H20ClN3O3/c1-17-11-12-21(14-22(17)26)28-24(30)16-32-23-10-6-5-7-18(23)13-19(15-27)25(31)29-20-8-3-2-4-9-20/h2-14H,16H2,1H3,(H,28,30)(H,29,31)/b19-13+. The van der Waals surface area contributed by atoms with Crippen molar-refractivity contribution in [2.75, 3.05) is 17.2 Å². The Labute approximate surface area is 191 Å². The first-order valence-corrected chi connectivity index (χ1v) is 10.1. The minimum atomic E-state index is -0.539. The van der Waals surface area contributed by atoms with E-state index >= 15 is 0 Å². The lowest BCUT2D eigenvalue weighted by Crippen LogP contribution is -2.20. The van der Waals surface area contributed by atoms with Gasteiger partial charge in [0.1, 0.15) is 17.4 Å². The maximum Gasteiger partial charge on any atom is 0.266 e. The lowest BCUT2D eigenvalue weighted by Gasteiger charge is -2.11. The summed E-state index contributed by atoms with van der Waals surface area (Å²) in [6, 6.07) is 22.8. The van der Waals surface area contributed by atoms with E-state index in [1.165, 1.54) is 6.08 Å². The Morgan fingerprint density at radius 3 is 2.44 bits per heavy atom. The van der Waals surface area contributed by atoms with Crippen molar-refractivity contribution in [3.05, 3.63) is 94.5 Å². The summed E-state index contributed by atoms with van der Waals surface area (Å²) in [6.07, 6.45) is 1.42. The van der Waals surface area contributed by atoms with E-state index in [0.717, 1.165) is 5.56 Å². The van der Waals surface area contributed by atoms with E-state index in [9.17, 15) is 14.9 Å². The number of carbonyl (C=O) groups excluding carboxylic acids is 2. The normalized spacial score (nSPS) is 10.7. The topological polar surface area (TPSA) is 91.2 Å². The molecule has 0 saturated heterocycles. The average Bonchev–Trinajstić information content (AvgIpc) is 2.79. The summed E-state index contributed by atoms with van der Waals surface area (Å²) in [5, 5.41) is 15.4. The molecule has 0 atom stereocenters. The highest BCUT2D eigenvalue weighted by Crippen LogP contribution is 2.22. The number of benzene rings is 3. The van der Waals surface area contributed by atoms with Crippen LogP contribution in [0.5, 0.6) is 5.75 Å². The zero-order valence-electron chi connectivity index (χ0n) is 17.3. The van der Waals surface area contributed by atoms with Gasteiger partial charge in [0.25, 0.3) is 11.8 Å². The number of rotatable bonds is 7. The maximum atomic E-state index is 12.5. The number of nitrogens with zero attached hydrogens (tertiary/aromatic N) is 1. The number of aryl methyl sites for hydroxylation is 1. The Kier molecular flexibility index (Phi) is 7.63. The first-order chi connectivity index (χ1) is 15.5. The predicted octanol–water partition coefficient (Wildman–Crippen LogP) is 5.21. The van der Waals surface area contributed by atoms with E-state index < -0.39 is 5.91 Å². The summed E-state index contributed by atoms with van der Waals surface area (Å²) in [7, 11) is 0. The zero-order chi connectivity index (χ0) is 22.9. The summed E-state index contributed by atoms with van der Waals surface area (Å²) >= 11 is 6.08. The maximum absolute atomic E-state index is 12.5. The third-order valence-electron chi connectivity index (χ3n) is 4.43. The van der Waals surface area contributed by atoms with Crippen LogP contribution in [0.2, 0.25) is 5.02 Å². The number of hydrogen-bond acceptors (Lipinski definition) is 4. The average molecular weight is 446 g/mol. The van der Waals surface area contributed by atoms with E-state index in [4.69, 9.17) is 16.3 Å². The van der Waals surface area contributed by atoms with Crippen molar-refractivity contribution in [3.63, 3.8) is 0 Å². The number of halogens is 1. The van der Waals surface area contributed by atoms with Crippen LogP contribution in [0.4, 0.5) is 11.4 Å². The number of para-hydroxylation sites is 2. The third-order valence-corrected chi connectivity index (χ3v) is 4.84. The largest absolute Gasteiger partial charge is 0.483 e. The number of hydrogen-bond donors (Lipinski definition) is 2. The number of nitrogens with one attached hydrogen (secondary N) is 2. The molecule has 7 heteroatoms. The van der Waals surface area contributed by atoms with Crippen LogP contribution >= 0.6 is 11.6 Å². The summed E-state index contributed by atoms with van der Waals surface area (Å²) in [5.41, 5.74) is 2.45. The molecule has 0 aliphatic carbocycles. The first-order valence-electron chi connectivity index (χ1n) is 9.72. The van der Waals surface area contributed by atoms with Crippen LogP contribution in [0.25, 0.3) is 6.08 Å². The molecule has 3 aromatic rings. The molecule has 2 amide bonds. The smallest absolute Gasteiger partial charge is 0.266 e. The van der Waals surface area contributed by atoms with Gasteiger partial charge < -0.3 is 15.4 Å². The molecule has 0 unspecified atom stereocenters. The molecule has 0 saturated carbocycles. The monoisotopic (exact) mass is 445 g/mol. The SMILES string of the molecule is Cc1ccc(NC(=O)COc2ccccc2/C=C(\C#N)C(=O)Nc2ccccc2)cc1Cl. The Morgan fingerprint density at radius 1 is 1.00 bits per heavy atom. The molecular formula is C25H20ClN3O3. The third kappa shape index (κ3) is 6.21. The molecule has 0 aromatic heterocycles. The molecule has 32 heavy (non-hydrogen) atoms. The van der Waals surface area contributed by atoms with Crippen LogP contribution in [-0.4, -0.2) is 18.4 Å². The lowest BCUT2D eigenvalue weighted by molar-refractivity contribution is -0.118. The van der Waals surface area contributed by atoms with Crippen LogP contribution in [0.1, 0.15) is 11.1 Å². The fourth-order valence-electron chi connectivity index (χ4n) is 2.77. The van der Waals surface area contributed by atoms with Gasteiger partial charge in [-0.2, -0.15) is 5.26 Å². The Bertz CT molecular complexity index is 1200. The highest BCUT2D eigenvalue weighted by Gasteiger charge is 2.12. The van der Waals surface area contributed by atoms with E-state index in [1.54, 1.807) is 60.7 Å². The van der Waals surface area contributed by atoms with Gasteiger partial charge in [-0.15, -0.1) is 0 Å². The summed E-state index contributed by atoms with van der Waals surface area (Å²) in [6.45, 7) is 1.62. The zero-order valence-corrected chi connectivity index (χ0v) is 18.0. The molecule has 6 nitrogen and oxygen atoms in total. The predicted molar refractivity (Wildman–Crippen MR) is 125 cm³/mol. The van der Waals surface area contributed by atoms with Crippen molar-refractivity contribution in [1.82, 2.24) is 0 Å². The van der Waals surface area contributed by atoms with Crippen molar-refractivity contribution in [2.24, 2.45) is 0 Å². The van der Waals surface area contributed by atoms with Crippen molar-refractivity contribution >= 4 is 40.9 Å². The molecule has 160 valence electrons. The van der Waals surface area contributed by atoms with Gasteiger partial charge in [-0.3, -0.25) is 9.59 Å². The molecule has 2 N–H and O–H groups in total. The van der Waals surface area contributed by atoms with Crippen molar-refractivity contribution in [2.45, 2.75) is 6.92 Å². The van der Waals surface area contributed by atoms with Crippen molar-refractivity contribution in [3.8, 4) is 11.8 Å². The van der Waals surface area contributed by atoms with E-state index in [-0.39, 0.29) is 18.1 Å². The molecule has 0 aliphatic rings. The lowest BCUT2D eigenvalue weighted by atomic mass is 10.1. The summed E-state index contributed by atoms with van der Waals surface area (Å²) < 4.78 is 5.64. The Balaban J connectivity index is 1.69. The van der Waals surface area contributed by atoms with Crippen LogP contribution < -0.4 is 15.4 Å². The van der Waals surface area contributed by atoms with Gasteiger partial charge in [0.05, 0.1) is 0 Å². The van der Waals surface area contributed by atoms with Crippen LogP contribution in [0.3, 0.4) is 0 Å². The molecule has 0 spiro atoms. The highest BCUT2D eigenvalue weighted by molar-refractivity contribution is 6.31. The van der Waals surface area contributed by atoms with Gasteiger partial charge in [0.2, 0.25) is 0 Å². The van der Waals surface area contributed by atoms with Crippen molar-refractivity contribution < 1.29 is 14.3 Å². The second kappa shape index (κ2) is 10.8. The van der Waals surface area contributed by atoms with Gasteiger partial charge in [-0.1, -0.05) is 54.1 Å². The molecule has 0 fully saturated rings. The fourth-order valence-corrected chi connectivity index (χ4v) is 2.95. The minimum absolute atomic E-state index is 0.0938. The van der Waals surface area contributed by atoms with E-state index in [1.807, 2.05) is 25.1 Å². The summed E-state index contributed by atoms with van der Waals surface area (Å²) in [5.74, 6) is -0.543. The second-order valence-electron chi connectivity index (χ2n) is 6.83. The Hall–Kier alpha value is -4.08. The number of amides is 2. The van der Waals surface area contributed by atoms with Gasteiger partial charge >= 0.3 is 0 Å². The molecule has 0 heterocycles. The van der Waals surface area contributed by atoms with Crippen LogP contribution in [-0.2, 0) is 9.59 Å². The highest BCUT2D eigenvalue weighted by atomic mass is 35.5. The van der Waals surface area contributed by atoms with Crippen molar-refractivity contribution in [1.29, 1.82) is 5.26 Å². The summed E-state index contributed by atoms with van der Waals surface area (Å²) in [4.78, 5) is 24.7. The van der Waals surface area contributed by atoms with Gasteiger partial charge in [0.15, 0.2) is 6.61 Å². The quantitative estimate of drug-likeness (QED) is 0.385. The molecule has 3 rings (SSSR count). The van der Waals surface area contributed by atoms with Gasteiger partial charge in [-0.25, -0.2) is 0 Å². The van der Waals surface area contributed by atoms with Crippen LogP contribution in [0, 0.1) is 18.3 Å². The first kappa shape index (κ1) is 22.6. The number of carbonyl (C=O) groups is 2. The number of ether oxygens (including phenoxy) is 1. The Morgan fingerprint density at radius 2 is 1.72 bits per heavy atom.